The molecule has 1 N–H and O–H groups in total. The number of thiazole rings is 1. The fourth-order valence-corrected chi connectivity index (χ4v) is 5.81. The van der Waals surface area contributed by atoms with Crippen LogP contribution in [-0.4, -0.2) is 47.9 Å². The van der Waals surface area contributed by atoms with E-state index in [1.165, 1.54) is 30.6 Å². The van der Waals surface area contributed by atoms with Gasteiger partial charge < -0.3 is 15.0 Å². The largest absolute Gasteiger partial charge is 0.496 e. The number of halogens is 1. The van der Waals surface area contributed by atoms with Gasteiger partial charge in [0.2, 0.25) is 0 Å². The summed E-state index contributed by atoms with van der Waals surface area (Å²) in [4.78, 5) is 33.8. The van der Waals surface area contributed by atoms with Crippen LogP contribution in [0.25, 0.3) is 10.4 Å². The highest BCUT2D eigenvalue weighted by molar-refractivity contribution is 7.15. The minimum atomic E-state index is -0.506. The van der Waals surface area contributed by atoms with Gasteiger partial charge in [-0.15, -0.1) is 11.3 Å². The highest BCUT2D eigenvalue weighted by atomic mass is 32.1. The topological polar surface area (TPSA) is 71.5 Å². The number of aryl methyl sites for hydroxylation is 2. The molecule has 1 aliphatic heterocycles. The van der Waals surface area contributed by atoms with Gasteiger partial charge in [0, 0.05) is 13.1 Å². The molecule has 1 aromatic heterocycles. The first kappa shape index (κ1) is 22.5. The highest BCUT2D eigenvalue weighted by Gasteiger charge is 2.54. The van der Waals surface area contributed by atoms with Crippen molar-refractivity contribution in [3.63, 3.8) is 0 Å². The second-order valence-electron chi connectivity index (χ2n) is 9.02. The normalized spacial score (nSPS) is 20.7. The molecule has 34 heavy (non-hydrogen) atoms. The van der Waals surface area contributed by atoms with Gasteiger partial charge in [0.25, 0.3) is 11.8 Å². The third-order valence-electron chi connectivity index (χ3n) is 6.66. The summed E-state index contributed by atoms with van der Waals surface area (Å²) in [5.41, 5.74) is 2.72. The van der Waals surface area contributed by atoms with Gasteiger partial charge in [0.1, 0.15) is 17.3 Å². The molecule has 2 amide bonds. The Bertz CT molecular complexity index is 1270. The predicted molar refractivity (Wildman–Crippen MR) is 129 cm³/mol. The van der Waals surface area contributed by atoms with Gasteiger partial charge in [0.15, 0.2) is 0 Å². The quantitative estimate of drug-likeness (QED) is 0.567. The lowest BCUT2D eigenvalue weighted by Gasteiger charge is -2.27. The van der Waals surface area contributed by atoms with Crippen LogP contribution < -0.4 is 10.1 Å². The lowest BCUT2D eigenvalue weighted by molar-refractivity contribution is 0.0690. The Kier molecular flexibility index (Phi) is 5.85. The molecule has 176 valence electrons. The van der Waals surface area contributed by atoms with Gasteiger partial charge in [-0.1, -0.05) is 29.8 Å². The molecule has 2 aliphatic rings. The molecule has 6 nitrogen and oxygen atoms in total. The molecule has 2 fully saturated rings. The Labute approximate surface area is 201 Å². The first-order chi connectivity index (χ1) is 16.4. The van der Waals surface area contributed by atoms with Crippen molar-refractivity contribution in [2.45, 2.75) is 26.3 Å². The minimum Gasteiger partial charge on any atom is -0.496 e. The molecule has 1 saturated carbocycles. The molecule has 3 atom stereocenters. The summed E-state index contributed by atoms with van der Waals surface area (Å²) in [5.74, 6) is 0.0997. The molecular formula is C26H26FN3O3S. The number of nitrogens with zero attached hydrogens (tertiary/aromatic N) is 2. The van der Waals surface area contributed by atoms with Crippen molar-refractivity contribution in [1.82, 2.24) is 15.2 Å². The minimum absolute atomic E-state index is 0.101. The number of benzene rings is 2. The van der Waals surface area contributed by atoms with Crippen molar-refractivity contribution < 1.29 is 18.7 Å². The molecule has 5 rings (SSSR count). The molecule has 8 heteroatoms. The van der Waals surface area contributed by atoms with Crippen LogP contribution in [-0.2, 0) is 0 Å². The van der Waals surface area contributed by atoms with Crippen LogP contribution in [0.4, 0.5) is 4.39 Å². The molecule has 1 aliphatic carbocycles. The van der Waals surface area contributed by atoms with E-state index in [9.17, 15) is 14.0 Å². The molecular weight excluding hydrogens is 453 g/mol. The molecule has 0 bridgehead atoms. The summed E-state index contributed by atoms with van der Waals surface area (Å²) in [6.45, 7) is 4.90. The Balaban J connectivity index is 1.36. The number of fused-ring (bicyclic) bond motifs is 1. The van der Waals surface area contributed by atoms with Crippen LogP contribution in [0.2, 0.25) is 0 Å². The maximum absolute atomic E-state index is 13.7. The second kappa shape index (κ2) is 8.83. The summed E-state index contributed by atoms with van der Waals surface area (Å²) >= 11 is 1.52. The van der Waals surface area contributed by atoms with E-state index >= 15 is 0 Å². The van der Waals surface area contributed by atoms with Crippen LogP contribution >= 0.6 is 11.3 Å². The first-order valence-electron chi connectivity index (χ1n) is 11.3. The number of aromatic nitrogens is 1. The monoisotopic (exact) mass is 479 g/mol. The summed E-state index contributed by atoms with van der Waals surface area (Å²) in [6, 6.07) is 11.8. The van der Waals surface area contributed by atoms with Crippen molar-refractivity contribution in [1.29, 1.82) is 0 Å². The van der Waals surface area contributed by atoms with E-state index in [0.29, 0.717) is 36.4 Å². The molecule has 0 spiro atoms. The van der Waals surface area contributed by atoms with Gasteiger partial charge >= 0.3 is 0 Å². The van der Waals surface area contributed by atoms with Gasteiger partial charge in [0.05, 0.1) is 28.6 Å². The number of hydrogen-bond donors (Lipinski definition) is 1. The van der Waals surface area contributed by atoms with Crippen LogP contribution in [0.1, 0.15) is 37.8 Å². The fraction of sp³-hybridized carbons (Fsp3) is 0.346. The van der Waals surface area contributed by atoms with Crippen LogP contribution in [0.15, 0.2) is 42.5 Å². The number of nitrogens with one attached hydrogen (secondary N) is 1. The number of methoxy groups -OCH3 is 1. The average molecular weight is 480 g/mol. The number of carbonyl (C=O) groups excluding carboxylic acids is 2. The zero-order valence-corrected chi connectivity index (χ0v) is 20.1. The van der Waals surface area contributed by atoms with Crippen molar-refractivity contribution in [2.75, 3.05) is 20.2 Å². The Morgan fingerprint density at radius 1 is 1.24 bits per heavy atom. The van der Waals surface area contributed by atoms with Gasteiger partial charge in [-0.2, -0.15) is 0 Å². The summed E-state index contributed by atoms with van der Waals surface area (Å²) in [7, 11) is 1.44. The SMILES string of the molecule is COc1ccc(F)cc1C(=O)NC[C@@H]1[C@H]2C[C@H]2CN1C(=O)c1nc(C)sc1-c1cccc(C)c1. The Morgan fingerprint density at radius 2 is 2.06 bits per heavy atom. The smallest absolute Gasteiger partial charge is 0.274 e. The fourth-order valence-electron chi connectivity index (χ4n) is 4.91. The van der Waals surface area contributed by atoms with Crippen molar-refractivity contribution >= 4 is 23.2 Å². The number of rotatable bonds is 6. The third-order valence-corrected chi connectivity index (χ3v) is 7.68. The number of amides is 2. The Morgan fingerprint density at radius 3 is 2.82 bits per heavy atom. The summed E-state index contributed by atoms with van der Waals surface area (Å²) in [6.07, 6.45) is 1.05. The van der Waals surface area contributed by atoms with E-state index in [1.807, 2.05) is 36.9 Å². The molecule has 0 radical (unpaired) electrons. The molecule has 3 aromatic rings. The number of carbonyl (C=O) groups is 2. The van der Waals surface area contributed by atoms with Gasteiger partial charge in [-0.25, -0.2) is 9.37 Å². The van der Waals surface area contributed by atoms with E-state index in [1.54, 1.807) is 0 Å². The second-order valence-corrected chi connectivity index (χ2v) is 10.2. The predicted octanol–water partition coefficient (Wildman–Crippen LogP) is 4.47. The zero-order chi connectivity index (χ0) is 24.0. The van der Waals surface area contributed by atoms with Gasteiger partial charge in [-0.3, -0.25) is 9.59 Å². The Hall–Kier alpha value is -3.26. The lowest BCUT2D eigenvalue weighted by Crippen LogP contribution is -2.45. The van der Waals surface area contributed by atoms with E-state index in [0.717, 1.165) is 33.5 Å². The number of likely N-dealkylation sites (tertiary alicyclic amines) is 1. The molecule has 0 unspecified atom stereocenters. The molecule has 2 aromatic carbocycles. The maximum Gasteiger partial charge on any atom is 0.274 e. The lowest BCUT2D eigenvalue weighted by atomic mass is 10.1. The molecule has 1 saturated heterocycles. The van der Waals surface area contributed by atoms with Gasteiger partial charge in [-0.05, 0) is 55.9 Å². The standard InChI is InChI=1S/C26H26FN3O3S/c1-14-5-4-6-16(9-14)24-23(29-15(2)34-24)26(32)30-13-17-10-19(17)21(30)12-28-25(31)20-11-18(27)7-8-22(20)33-3/h4-9,11,17,19,21H,10,12-13H2,1-3H3,(H,28,31)/t17-,19-,21+/m0/s1. The van der Waals surface area contributed by atoms with E-state index < -0.39 is 11.7 Å². The third kappa shape index (κ3) is 4.18. The zero-order valence-electron chi connectivity index (χ0n) is 19.3. The van der Waals surface area contributed by atoms with E-state index in [2.05, 4.69) is 16.4 Å². The van der Waals surface area contributed by atoms with Crippen molar-refractivity contribution in [3.05, 3.63) is 70.1 Å². The number of piperidine rings is 1. The maximum atomic E-state index is 13.7. The summed E-state index contributed by atoms with van der Waals surface area (Å²) in [5, 5.41) is 3.74. The van der Waals surface area contributed by atoms with E-state index in [4.69, 9.17) is 4.74 Å². The first-order valence-corrected chi connectivity index (χ1v) is 12.1. The summed E-state index contributed by atoms with van der Waals surface area (Å²) < 4.78 is 18.9. The van der Waals surface area contributed by atoms with Crippen molar-refractivity contribution in [3.8, 4) is 16.2 Å². The number of hydrogen-bond acceptors (Lipinski definition) is 5. The van der Waals surface area contributed by atoms with Crippen molar-refractivity contribution in [2.24, 2.45) is 11.8 Å². The average Bonchev–Trinajstić information content (AvgIpc) is 3.33. The molecule has 2 heterocycles. The van der Waals surface area contributed by atoms with E-state index in [-0.39, 0.29) is 17.5 Å². The highest BCUT2D eigenvalue weighted by Crippen LogP contribution is 2.50. The van der Waals surface area contributed by atoms with Crippen LogP contribution in [0.5, 0.6) is 5.75 Å². The van der Waals surface area contributed by atoms with Crippen LogP contribution in [0.3, 0.4) is 0 Å². The van der Waals surface area contributed by atoms with Crippen LogP contribution in [0, 0.1) is 31.5 Å². The number of ether oxygens (including phenoxy) is 1.